The van der Waals surface area contributed by atoms with Gasteiger partial charge in [-0.1, -0.05) is 48.3 Å². The average Bonchev–Trinajstić information content (AvgIpc) is 3.49. The van der Waals surface area contributed by atoms with Gasteiger partial charge in [0, 0.05) is 16.1 Å². The molecule has 0 aromatic heterocycles. The highest BCUT2D eigenvalue weighted by molar-refractivity contribution is 9.10. The van der Waals surface area contributed by atoms with E-state index in [1.165, 1.54) is 18.2 Å². The number of carbonyl (C=O) groups excluding carboxylic acids is 3. The van der Waals surface area contributed by atoms with E-state index in [0.717, 1.165) is 24.3 Å². The zero-order chi connectivity index (χ0) is 33.8. The summed E-state index contributed by atoms with van der Waals surface area (Å²) in [6, 6.07) is 7.72. The zero-order valence-corrected chi connectivity index (χ0v) is 27.2. The van der Waals surface area contributed by atoms with Crippen molar-refractivity contribution >= 4 is 80.0 Å². The predicted molar refractivity (Wildman–Crippen MR) is 163 cm³/mol. The first-order valence-electron chi connectivity index (χ1n) is 12.8. The van der Waals surface area contributed by atoms with Crippen LogP contribution in [-0.4, -0.2) is 22.2 Å². The Bertz CT molecular complexity index is 1730. The topological polar surface area (TPSA) is 111 Å². The highest BCUT2D eigenvalue weighted by atomic mass is 79.9. The Balaban J connectivity index is 1.61. The molecule has 1 aliphatic carbocycles. The van der Waals surface area contributed by atoms with Crippen LogP contribution in [0.15, 0.2) is 46.9 Å². The fourth-order valence-electron chi connectivity index (χ4n) is 4.71. The van der Waals surface area contributed by atoms with E-state index in [1.54, 1.807) is 20.8 Å². The van der Waals surface area contributed by atoms with E-state index in [9.17, 15) is 31.9 Å². The molecule has 0 spiro atoms. The molecule has 7 nitrogen and oxygen atoms in total. The molecule has 0 aliphatic heterocycles. The summed E-state index contributed by atoms with van der Waals surface area (Å²) in [5.74, 6) is -7.69. The maximum atomic E-state index is 15.4. The zero-order valence-electron chi connectivity index (χ0n) is 23.3. The van der Waals surface area contributed by atoms with Gasteiger partial charge >= 0.3 is 12.3 Å². The van der Waals surface area contributed by atoms with Crippen molar-refractivity contribution in [1.82, 2.24) is 0 Å². The Morgan fingerprint density at radius 2 is 1.64 bits per heavy atom. The lowest BCUT2D eigenvalue weighted by Crippen LogP contribution is -2.23. The summed E-state index contributed by atoms with van der Waals surface area (Å²) < 4.78 is 72.9. The molecule has 0 unspecified atom stereocenters. The second-order valence-electron chi connectivity index (χ2n) is 11.1. The molecule has 4 N–H and O–H groups in total. The molecule has 0 saturated heterocycles. The molecule has 16 heteroatoms. The third kappa shape index (κ3) is 7.32. The van der Waals surface area contributed by atoms with Gasteiger partial charge < -0.3 is 21.1 Å². The summed E-state index contributed by atoms with van der Waals surface area (Å²) in [5.41, 5.74) is 2.37. The van der Waals surface area contributed by atoms with Crippen LogP contribution in [0.5, 0.6) is 5.75 Å². The molecular weight excluding hydrogens is 736 g/mol. The first kappa shape index (κ1) is 34.7. The normalized spacial score (nSPS) is 17.4. The van der Waals surface area contributed by atoms with Crippen molar-refractivity contribution in [3.63, 3.8) is 0 Å². The molecule has 3 amide bonds. The largest absolute Gasteiger partial charge is 0.416 e. The summed E-state index contributed by atoms with van der Waals surface area (Å²) in [7, 11) is 0. The summed E-state index contributed by atoms with van der Waals surface area (Å²) in [4.78, 5) is 37.7. The monoisotopic (exact) mass is 755 g/mol. The number of ether oxygens (including phenoxy) is 1. The van der Waals surface area contributed by atoms with Crippen molar-refractivity contribution in [1.29, 1.82) is 0 Å². The number of hydrogen-bond acceptors (Lipinski definition) is 4. The van der Waals surface area contributed by atoms with Crippen LogP contribution in [0.4, 0.5) is 38.1 Å². The van der Waals surface area contributed by atoms with E-state index in [2.05, 4.69) is 31.3 Å². The third-order valence-electron chi connectivity index (χ3n) is 6.85. The molecule has 3 aromatic rings. The van der Waals surface area contributed by atoms with Gasteiger partial charge in [0.05, 0.1) is 27.8 Å². The number of hydrogen-bond donors (Lipinski definition) is 3. The smallest absolute Gasteiger partial charge is 0.404 e. The fraction of sp³-hybridized carbons (Fsp3) is 0.276. The third-order valence-corrected chi connectivity index (χ3v) is 8.57. The standard InChI is InChI=1S/C29H22BrCl3F5N3O4/c1-27(2,3)16-10-18(34)23(45-26(39)44)21(35)22(16)41-24(42)15-9-14(4-5-17(15)31)40-25(43)20-19(28(20,32)33)11-6-12(29(36,37)38)8-13(30)7-11/h4-10,19-20H,1-3H3,(H2,39,44)(H,40,43)(H,41,42)/t19-,20+/m0/s1. The lowest BCUT2D eigenvalue weighted by Gasteiger charge is -2.25. The summed E-state index contributed by atoms with van der Waals surface area (Å²) in [6.45, 7) is 4.85. The van der Waals surface area contributed by atoms with Crippen molar-refractivity contribution < 1.29 is 41.1 Å². The molecule has 1 aliphatic rings. The first-order valence-corrected chi connectivity index (χ1v) is 14.7. The van der Waals surface area contributed by atoms with E-state index >= 15 is 4.39 Å². The minimum absolute atomic E-state index is 0.00446. The number of primary amides is 1. The van der Waals surface area contributed by atoms with Gasteiger partial charge in [-0.05, 0) is 59.0 Å². The lowest BCUT2D eigenvalue weighted by atomic mass is 9.85. The van der Waals surface area contributed by atoms with E-state index < -0.39 is 74.3 Å². The highest BCUT2D eigenvalue weighted by Gasteiger charge is 2.67. The highest BCUT2D eigenvalue weighted by Crippen LogP contribution is 2.65. The van der Waals surface area contributed by atoms with Gasteiger partial charge in [0.15, 0.2) is 11.6 Å². The Labute approximate surface area is 276 Å². The molecule has 0 bridgehead atoms. The number of benzene rings is 3. The molecule has 240 valence electrons. The maximum Gasteiger partial charge on any atom is 0.416 e. The summed E-state index contributed by atoms with van der Waals surface area (Å²) in [6.07, 6.45) is -6.15. The lowest BCUT2D eigenvalue weighted by molar-refractivity contribution is -0.137. The van der Waals surface area contributed by atoms with E-state index in [4.69, 9.17) is 40.5 Å². The minimum atomic E-state index is -4.66. The number of rotatable bonds is 6. The summed E-state index contributed by atoms with van der Waals surface area (Å²) in [5, 5.41) is 4.71. The molecule has 2 atom stereocenters. The van der Waals surface area contributed by atoms with E-state index in [1.807, 2.05) is 0 Å². The number of anilines is 2. The van der Waals surface area contributed by atoms with Crippen LogP contribution in [0.25, 0.3) is 0 Å². The number of alkyl halides is 5. The van der Waals surface area contributed by atoms with Crippen LogP contribution in [0.3, 0.4) is 0 Å². The van der Waals surface area contributed by atoms with Gasteiger partial charge in [0.25, 0.3) is 5.91 Å². The van der Waals surface area contributed by atoms with Gasteiger partial charge in [0.1, 0.15) is 4.33 Å². The molecule has 0 radical (unpaired) electrons. The molecule has 3 aromatic carbocycles. The molecule has 45 heavy (non-hydrogen) atoms. The van der Waals surface area contributed by atoms with E-state index in [0.29, 0.717) is 0 Å². The van der Waals surface area contributed by atoms with Crippen LogP contribution in [-0.2, 0) is 16.4 Å². The number of halogens is 9. The van der Waals surface area contributed by atoms with Gasteiger partial charge in [-0.3, -0.25) is 9.59 Å². The Kier molecular flexibility index (Phi) is 9.44. The van der Waals surface area contributed by atoms with Crippen LogP contribution in [0.2, 0.25) is 5.02 Å². The van der Waals surface area contributed by atoms with Crippen LogP contribution < -0.4 is 21.1 Å². The van der Waals surface area contributed by atoms with Crippen LogP contribution in [0, 0.1) is 17.6 Å². The Hall–Kier alpha value is -3.13. The van der Waals surface area contributed by atoms with Gasteiger partial charge in [-0.2, -0.15) is 13.2 Å². The van der Waals surface area contributed by atoms with Gasteiger partial charge in [-0.25, -0.2) is 13.6 Å². The van der Waals surface area contributed by atoms with Crippen molar-refractivity contribution in [2.24, 2.45) is 11.7 Å². The molecular formula is C29H22BrCl3F5N3O4. The SMILES string of the molecule is CC(C)(C)c1cc(F)c(OC(N)=O)c(F)c1NC(=O)c1cc(NC(=O)[C@H]2[C@H](c3cc(Br)cc(C(F)(F)F)c3)C2(Cl)Cl)ccc1Cl. The number of nitrogens with two attached hydrogens (primary N) is 1. The predicted octanol–water partition coefficient (Wildman–Crippen LogP) is 8.93. The van der Waals surface area contributed by atoms with E-state index in [-0.39, 0.29) is 31.9 Å². The minimum Gasteiger partial charge on any atom is -0.404 e. The van der Waals surface area contributed by atoms with Crippen molar-refractivity contribution in [2.75, 3.05) is 10.6 Å². The molecule has 4 rings (SSSR count). The number of nitrogens with one attached hydrogen (secondary N) is 2. The van der Waals surface area contributed by atoms with Gasteiger partial charge in [0.2, 0.25) is 11.7 Å². The first-order chi connectivity index (χ1) is 20.6. The van der Waals surface area contributed by atoms with Crippen molar-refractivity contribution in [3.05, 3.63) is 85.8 Å². The Morgan fingerprint density at radius 3 is 2.22 bits per heavy atom. The fourth-order valence-corrected chi connectivity index (χ4v) is 6.25. The maximum absolute atomic E-state index is 15.4. The average molecular weight is 758 g/mol. The Morgan fingerprint density at radius 1 is 1.00 bits per heavy atom. The van der Waals surface area contributed by atoms with Crippen LogP contribution in [0.1, 0.15) is 53.7 Å². The quantitative estimate of drug-likeness (QED) is 0.172. The van der Waals surface area contributed by atoms with Crippen LogP contribution >= 0.6 is 50.7 Å². The second-order valence-corrected chi connectivity index (χ2v) is 13.9. The molecule has 1 fully saturated rings. The number of carbonyl (C=O) groups is 3. The second kappa shape index (κ2) is 12.2. The molecule has 1 saturated carbocycles. The number of amides is 3. The summed E-state index contributed by atoms with van der Waals surface area (Å²) >= 11 is 21.9. The van der Waals surface area contributed by atoms with Crippen molar-refractivity contribution in [2.45, 2.75) is 42.6 Å². The van der Waals surface area contributed by atoms with Crippen molar-refractivity contribution in [3.8, 4) is 5.75 Å². The van der Waals surface area contributed by atoms with Gasteiger partial charge in [-0.15, -0.1) is 23.2 Å². The molecule has 0 heterocycles.